The zero-order valence-corrected chi connectivity index (χ0v) is 19.8. The third-order valence-electron chi connectivity index (χ3n) is 6.99. The second-order valence-electron chi connectivity index (χ2n) is 11.1. The lowest BCUT2D eigenvalue weighted by atomic mass is 9.79. The number of hydrogen-bond donors (Lipinski definition) is 0. The van der Waals surface area contributed by atoms with Crippen LogP contribution in [0.3, 0.4) is 0 Å². The van der Waals surface area contributed by atoms with Crippen molar-refractivity contribution < 1.29 is 32.4 Å². The number of carbonyl (C=O) groups excluding carboxylic acids is 1. The summed E-state index contributed by atoms with van der Waals surface area (Å²) in [5, 5.41) is 0. The molecule has 9 heteroatoms. The molecule has 1 aromatic rings. The molecule has 2 atom stereocenters. The van der Waals surface area contributed by atoms with Gasteiger partial charge in [0.15, 0.2) is 17.4 Å². The van der Waals surface area contributed by atoms with Crippen LogP contribution in [0.15, 0.2) is 12.1 Å². The van der Waals surface area contributed by atoms with Crippen LogP contribution in [0.4, 0.5) is 13.6 Å². The predicted octanol–water partition coefficient (Wildman–Crippen LogP) is 3.76. The molecular weight excluding hydrogens is 419 g/mol. The summed E-state index contributed by atoms with van der Waals surface area (Å²) in [5.41, 5.74) is -1.46. The number of piperidine rings is 1. The lowest BCUT2D eigenvalue weighted by molar-refractivity contribution is 0.00578. The number of amides is 1. The first-order chi connectivity index (χ1) is 14.7. The number of ether oxygens (including phenoxy) is 2. The molecule has 0 spiro atoms. The van der Waals surface area contributed by atoms with E-state index in [0.29, 0.717) is 13.1 Å². The van der Waals surface area contributed by atoms with Crippen molar-refractivity contribution in [3.63, 3.8) is 0 Å². The van der Waals surface area contributed by atoms with Gasteiger partial charge in [-0.1, -0.05) is 0 Å². The molecule has 2 heterocycles. The highest BCUT2D eigenvalue weighted by molar-refractivity contribution is 6.62. The van der Waals surface area contributed by atoms with Crippen LogP contribution >= 0.6 is 0 Å². The van der Waals surface area contributed by atoms with E-state index in [1.807, 2.05) is 48.5 Å². The largest absolute Gasteiger partial charge is 0.495 e. The molecule has 1 saturated carbocycles. The summed E-state index contributed by atoms with van der Waals surface area (Å²) in [6, 6.07) is 2.41. The lowest BCUT2D eigenvalue weighted by Crippen LogP contribution is -2.41. The van der Waals surface area contributed by atoms with Gasteiger partial charge in [0.25, 0.3) is 0 Å². The van der Waals surface area contributed by atoms with Crippen LogP contribution in [0.2, 0.25) is 0 Å². The minimum atomic E-state index is -0.848. The molecule has 6 nitrogen and oxygen atoms in total. The molecule has 0 bridgehead atoms. The number of fused-ring (bicyclic) bond motifs is 1. The van der Waals surface area contributed by atoms with Gasteiger partial charge in [-0.25, -0.2) is 13.6 Å². The highest BCUT2D eigenvalue weighted by atomic mass is 19.1. The summed E-state index contributed by atoms with van der Waals surface area (Å²) in [6.07, 6.45) is -0.320. The maximum atomic E-state index is 14.7. The van der Waals surface area contributed by atoms with Crippen LogP contribution in [-0.4, -0.2) is 54.6 Å². The Kier molecular flexibility index (Phi) is 5.52. The molecule has 2 saturated heterocycles. The fraction of sp³-hybridized carbons (Fsp3) is 0.696. The van der Waals surface area contributed by atoms with Crippen LogP contribution in [0, 0.1) is 29.4 Å². The topological polar surface area (TPSA) is 57.2 Å². The van der Waals surface area contributed by atoms with Gasteiger partial charge >= 0.3 is 13.2 Å². The Bertz CT molecular complexity index is 865. The van der Waals surface area contributed by atoms with E-state index in [1.165, 1.54) is 12.1 Å². The minimum Gasteiger partial charge on any atom is -0.487 e. The molecule has 3 aliphatic rings. The fourth-order valence-electron chi connectivity index (χ4n) is 4.38. The van der Waals surface area contributed by atoms with Gasteiger partial charge in [-0.05, 0) is 77.9 Å². The van der Waals surface area contributed by atoms with E-state index >= 15 is 0 Å². The van der Waals surface area contributed by atoms with E-state index in [1.54, 1.807) is 4.90 Å². The lowest BCUT2D eigenvalue weighted by Gasteiger charge is -2.32. The summed E-state index contributed by atoms with van der Waals surface area (Å²) in [4.78, 5) is 13.9. The first-order valence-corrected chi connectivity index (χ1v) is 11.1. The van der Waals surface area contributed by atoms with E-state index in [2.05, 4.69) is 0 Å². The number of likely N-dealkylation sites (tertiary alicyclic amines) is 1. The van der Waals surface area contributed by atoms with Crippen LogP contribution in [-0.2, 0) is 14.0 Å². The van der Waals surface area contributed by atoms with Crippen LogP contribution < -0.4 is 10.2 Å². The Morgan fingerprint density at radius 2 is 1.59 bits per heavy atom. The fourth-order valence-corrected chi connectivity index (χ4v) is 4.38. The van der Waals surface area contributed by atoms with Crippen molar-refractivity contribution in [1.82, 2.24) is 4.90 Å². The summed E-state index contributed by atoms with van der Waals surface area (Å²) < 4.78 is 52.1. The van der Waals surface area contributed by atoms with E-state index < -0.39 is 35.6 Å². The average Bonchev–Trinajstić information content (AvgIpc) is 2.98. The highest BCUT2D eigenvalue weighted by Gasteiger charge is 2.57. The Hall–Kier alpha value is -1.87. The van der Waals surface area contributed by atoms with Crippen molar-refractivity contribution in [3.8, 4) is 5.75 Å². The van der Waals surface area contributed by atoms with E-state index in [-0.39, 0.29) is 41.7 Å². The number of hydrogen-bond acceptors (Lipinski definition) is 5. The maximum absolute atomic E-state index is 14.7. The van der Waals surface area contributed by atoms with E-state index in [0.717, 1.165) is 0 Å². The van der Waals surface area contributed by atoms with Gasteiger partial charge in [-0.3, -0.25) is 0 Å². The second-order valence-corrected chi connectivity index (χ2v) is 11.1. The summed E-state index contributed by atoms with van der Waals surface area (Å²) in [7, 11) is -0.848. The Morgan fingerprint density at radius 1 is 1.09 bits per heavy atom. The minimum absolute atomic E-state index is 0.176. The number of halogens is 2. The number of rotatable bonds is 4. The molecule has 2 unspecified atom stereocenters. The Labute approximate surface area is 188 Å². The summed E-state index contributed by atoms with van der Waals surface area (Å²) in [6.45, 7) is 14.4. The van der Waals surface area contributed by atoms with Crippen molar-refractivity contribution in [2.45, 2.75) is 65.3 Å². The molecular formula is C23H32BF2NO5. The third-order valence-corrected chi connectivity index (χ3v) is 6.99. The Balaban J connectivity index is 1.33. The van der Waals surface area contributed by atoms with Crippen molar-refractivity contribution in [2.24, 2.45) is 17.8 Å². The standard InChI is InChI=1S/C23H32BF2NO5/c1-21(2,3)30-20(28)27-10-14-15(11-27)16(14)12-29-19-17(25)8-13(9-18(19)26)24-31-22(4,5)23(6,7)32-24/h8-9,14-16H,10-12H2,1-7H3. The maximum Gasteiger partial charge on any atom is 0.495 e. The summed E-state index contributed by atoms with van der Waals surface area (Å²) in [5.74, 6) is -1.23. The third kappa shape index (κ3) is 4.33. The van der Waals surface area contributed by atoms with Crippen LogP contribution in [0.5, 0.6) is 5.75 Å². The molecule has 0 radical (unpaired) electrons. The van der Waals surface area contributed by atoms with Gasteiger partial charge < -0.3 is 23.7 Å². The summed E-state index contributed by atoms with van der Waals surface area (Å²) >= 11 is 0. The van der Waals surface area contributed by atoms with E-state index in [9.17, 15) is 13.6 Å². The van der Waals surface area contributed by atoms with Gasteiger partial charge in [0, 0.05) is 19.0 Å². The molecule has 1 amide bonds. The SMILES string of the molecule is CC(C)(C)OC(=O)N1CC2C(COc3c(F)cc(B4OC(C)(C)C(C)(C)O4)cc3F)C2C1. The zero-order valence-electron chi connectivity index (χ0n) is 19.8. The smallest absolute Gasteiger partial charge is 0.487 e. The molecule has 1 aromatic carbocycles. The van der Waals surface area contributed by atoms with E-state index in [4.69, 9.17) is 18.8 Å². The van der Waals surface area contributed by atoms with Crippen molar-refractivity contribution in [3.05, 3.63) is 23.8 Å². The number of nitrogens with zero attached hydrogens (tertiary/aromatic N) is 1. The molecule has 32 heavy (non-hydrogen) atoms. The van der Waals surface area contributed by atoms with Gasteiger partial charge in [0.1, 0.15) is 5.60 Å². The second kappa shape index (κ2) is 7.59. The molecule has 2 aliphatic heterocycles. The average molecular weight is 451 g/mol. The Morgan fingerprint density at radius 3 is 2.06 bits per heavy atom. The first-order valence-electron chi connectivity index (χ1n) is 11.1. The molecule has 4 rings (SSSR count). The van der Waals surface area contributed by atoms with Gasteiger partial charge in [0.2, 0.25) is 0 Å². The normalized spacial score (nSPS) is 28.0. The van der Waals surface area contributed by atoms with Crippen molar-refractivity contribution in [1.29, 1.82) is 0 Å². The van der Waals surface area contributed by atoms with Crippen LogP contribution in [0.1, 0.15) is 48.5 Å². The first kappa shape index (κ1) is 23.3. The zero-order chi connectivity index (χ0) is 23.6. The monoisotopic (exact) mass is 451 g/mol. The van der Waals surface area contributed by atoms with Crippen molar-refractivity contribution >= 4 is 18.7 Å². The molecule has 1 aliphatic carbocycles. The quantitative estimate of drug-likeness (QED) is 0.653. The number of benzene rings is 1. The molecule has 0 aromatic heterocycles. The number of carbonyl (C=O) groups is 1. The molecule has 3 fully saturated rings. The molecule has 176 valence electrons. The van der Waals surface area contributed by atoms with Gasteiger partial charge in [-0.2, -0.15) is 0 Å². The van der Waals surface area contributed by atoms with Crippen LogP contribution in [0.25, 0.3) is 0 Å². The predicted molar refractivity (Wildman–Crippen MR) is 116 cm³/mol. The highest BCUT2D eigenvalue weighted by Crippen LogP contribution is 2.52. The van der Waals surface area contributed by atoms with Crippen molar-refractivity contribution in [2.75, 3.05) is 19.7 Å². The van der Waals surface area contributed by atoms with Gasteiger partial charge in [-0.15, -0.1) is 0 Å². The molecule has 0 N–H and O–H groups in total. The van der Waals surface area contributed by atoms with Gasteiger partial charge in [0.05, 0.1) is 17.8 Å².